The zero-order chi connectivity index (χ0) is 22.8. The minimum atomic E-state index is -0.528. The quantitative estimate of drug-likeness (QED) is 0.236. The molecule has 0 atom stereocenters. The van der Waals surface area contributed by atoms with Gasteiger partial charge in [0.2, 0.25) is 0 Å². The van der Waals surface area contributed by atoms with E-state index in [0.29, 0.717) is 17.4 Å². The minimum Gasteiger partial charge on any atom is -0.423 e. The summed E-state index contributed by atoms with van der Waals surface area (Å²) in [6.07, 6.45) is 8.10. The first-order valence-corrected chi connectivity index (χ1v) is 11.9. The van der Waals surface area contributed by atoms with Gasteiger partial charge in [0, 0.05) is 22.3 Å². The van der Waals surface area contributed by atoms with Crippen LogP contribution in [0.3, 0.4) is 0 Å². The lowest BCUT2D eigenvalue weighted by atomic mass is 9.95. The summed E-state index contributed by atoms with van der Waals surface area (Å²) in [5.74, 6) is 0.462. The molecule has 1 fully saturated rings. The summed E-state index contributed by atoms with van der Waals surface area (Å²) in [6.45, 7) is 0. The molecular weight excluding hydrogens is 485 g/mol. The van der Waals surface area contributed by atoms with Crippen molar-refractivity contribution in [2.45, 2.75) is 38.1 Å². The highest BCUT2D eigenvalue weighted by atomic mass is 79.9. The van der Waals surface area contributed by atoms with Crippen molar-refractivity contribution in [3.63, 3.8) is 0 Å². The van der Waals surface area contributed by atoms with Crippen molar-refractivity contribution in [1.29, 1.82) is 0 Å². The first-order valence-electron chi connectivity index (χ1n) is 11.1. The van der Waals surface area contributed by atoms with Crippen LogP contribution >= 0.6 is 15.9 Å². The van der Waals surface area contributed by atoms with Gasteiger partial charge in [0.15, 0.2) is 0 Å². The molecule has 2 aromatic heterocycles. The molecule has 1 N–H and O–H groups in total. The normalized spacial score (nSPS) is 14.4. The van der Waals surface area contributed by atoms with Crippen molar-refractivity contribution in [3.05, 3.63) is 82.7 Å². The summed E-state index contributed by atoms with van der Waals surface area (Å²) >= 11 is 3.57. The van der Waals surface area contributed by atoms with Gasteiger partial charge >= 0.3 is 5.97 Å². The summed E-state index contributed by atoms with van der Waals surface area (Å²) in [7, 11) is 0. The number of carbonyl (C=O) groups excluding carboxylic acids is 1. The van der Waals surface area contributed by atoms with Crippen LogP contribution in [0.1, 0.15) is 42.5 Å². The molecule has 0 bridgehead atoms. The number of hydrogen-bond donors (Lipinski definition) is 1. The van der Waals surface area contributed by atoms with Gasteiger partial charge < -0.3 is 10.1 Å². The van der Waals surface area contributed by atoms with Gasteiger partial charge in [-0.05, 0) is 89.4 Å². The maximum Gasteiger partial charge on any atom is 0.343 e. The van der Waals surface area contributed by atoms with E-state index in [2.05, 4.69) is 25.6 Å². The average Bonchev–Trinajstić information content (AvgIpc) is 3.18. The molecule has 0 amide bonds. The standard InChI is InChI=1S/C26H23BrFN3O2/c27-19-10-15-23-30-24(25(31(23)16-19)29-21-4-2-1-3-5-21)17-8-13-22(14-9-17)33-26(32)18-6-11-20(28)12-7-18/h6-16,21,29H,1-5H2. The zero-order valence-electron chi connectivity index (χ0n) is 17.9. The fraction of sp³-hybridized carbons (Fsp3) is 0.231. The van der Waals surface area contributed by atoms with Crippen molar-refractivity contribution < 1.29 is 13.9 Å². The number of aromatic nitrogens is 2. The smallest absolute Gasteiger partial charge is 0.343 e. The Morgan fingerprint density at radius 3 is 2.45 bits per heavy atom. The predicted molar refractivity (Wildman–Crippen MR) is 130 cm³/mol. The third kappa shape index (κ3) is 4.78. The van der Waals surface area contributed by atoms with E-state index in [1.807, 2.05) is 30.5 Å². The molecular formula is C26H23BrFN3O2. The fourth-order valence-electron chi connectivity index (χ4n) is 4.23. The SMILES string of the molecule is O=C(Oc1ccc(-c2nc3ccc(Br)cn3c2NC2CCCCC2)cc1)c1ccc(F)cc1. The molecule has 1 saturated carbocycles. The van der Waals surface area contributed by atoms with E-state index in [1.54, 1.807) is 12.1 Å². The summed E-state index contributed by atoms with van der Waals surface area (Å²) in [5.41, 5.74) is 2.94. The number of anilines is 1. The number of halogens is 2. The number of rotatable bonds is 5. The van der Waals surface area contributed by atoms with Crippen LogP contribution in [0.25, 0.3) is 16.9 Å². The number of nitrogens with one attached hydrogen (secondary N) is 1. The van der Waals surface area contributed by atoms with E-state index >= 15 is 0 Å². The largest absolute Gasteiger partial charge is 0.423 e. The lowest BCUT2D eigenvalue weighted by Gasteiger charge is -2.24. The second-order valence-corrected chi connectivity index (χ2v) is 9.20. The van der Waals surface area contributed by atoms with Crippen LogP contribution in [0.4, 0.5) is 10.2 Å². The third-order valence-corrected chi connectivity index (χ3v) is 6.42. The summed E-state index contributed by atoms with van der Waals surface area (Å²) in [4.78, 5) is 17.2. The number of imidazole rings is 1. The second kappa shape index (κ2) is 9.35. The molecule has 0 radical (unpaired) electrons. The molecule has 0 unspecified atom stereocenters. The average molecular weight is 508 g/mol. The monoisotopic (exact) mass is 507 g/mol. The Balaban J connectivity index is 1.42. The number of ether oxygens (including phenoxy) is 1. The number of hydrogen-bond acceptors (Lipinski definition) is 4. The fourth-order valence-corrected chi connectivity index (χ4v) is 4.57. The Bertz CT molecular complexity index is 1280. The van der Waals surface area contributed by atoms with E-state index < -0.39 is 11.8 Å². The van der Waals surface area contributed by atoms with E-state index in [9.17, 15) is 9.18 Å². The highest BCUT2D eigenvalue weighted by Crippen LogP contribution is 2.33. The summed E-state index contributed by atoms with van der Waals surface area (Å²) < 4.78 is 21.6. The van der Waals surface area contributed by atoms with Gasteiger partial charge in [-0.1, -0.05) is 19.3 Å². The number of fused-ring (bicyclic) bond motifs is 1. The molecule has 0 aliphatic heterocycles. The van der Waals surface area contributed by atoms with E-state index in [1.165, 1.54) is 43.5 Å². The first-order chi connectivity index (χ1) is 16.1. The number of benzene rings is 2. The van der Waals surface area contributed by atoms with E-state index in [-0.39, 0.29) is 0 Å². The van der Waals surface area contributed by atoms with Crippen LogP contribution < -0.4 is 10.1 Å². The molecule has 2 aromatic carbocycles. The highest BCUT2D eigenvalue weighted by Gasteiger charge is 2.20. The van der Waals surface area contributed by atoms with Gasteiger partial charge in [0.25, 0.3) is 0 Å². The van der Waals surface area contributed by atoms with Gasteiger partial charge in [0.05, 0.1) is 5.56 Å². The van der Waals surface area contributed by atoms with Crippen molar-refractivity contribution >= 4 is 33.4 Å². The summed E-state index contributed by atoms with van der Waals surface area (Å²) in [6, 6.07) is 17.0. The van der Waals surface area contributed by atoms with E-state index in [4.69, 9.17) is 9.72 Å². The van der Waals surface area contributed by atoms with Crippen molar-refractivity contribution in [1.82, 2.24) is 9.38 Å². The number of pyridine rings is 1. The Morgan fingerprint density at radius 2 is 1.73 bits per heavy atom. The zero-order valence-corrected chi connectivity index (χ0v) is 19.5. The molecule has 33 heavy (non-hydrogen) atoms. The van der Waals surface area contributed by atoms with Crippen LogP contribution in [0.5, 0.6) is 5.75 Å². The summed E-state index contributed by atoms with van der Waals surface area (Å²) in [5, 5.41) is 3.73. The van der Waals surface area contributed by atoms with Gasteiger partial charge in [-0.3, -0.25) is 4.40 Å². The van der Waals surface area contributed by atoms with Crippen LogP contribution in [0.2, 0.25) is 0 Å². The maximum absolute atomic E-state index is 13.1. The van der Waals surface area contributed by atoms with Gasteiger partial charge in [0.1, 0.15) is 28.7 Å². The molecule has 1 aliphatic rings. The lowest BCUT2D eigenvalue weighted by Crippen LogP contribution is -2.23. The highest BCUT2D eigenvalue weighted by molar-refractivity contribution is 9.10. The molecule has 0 spiro atoms. The van der Waals surface area contributed by atoms with Crippen molar-refractivity contribution in [2.75, 3.05) is 5.32 Å². The van der Waals surface area contributed by atoms with Gasteiger partial charge in [-0.2, -0.15) is 0 Å². The van der Waals surface area contributed by atoms with Gasteiger partial charge in [-0.15, -0.1) is 0 Å². The van der Waals surface area contributed by atoms with Crippen LogP contribution in [0, 0.1) is 5.82 Å². The predicted octanol–water partition coefficient (Wildman–Crippen LogP) is 6.87. The Labute approximate surface area is 199 Å². The first kappa shape index (κ1) is 21.6. The second-order valence-electron chi connectivity index (χ2n) is 8.28. The van der Waals surface area contributed by atoms with Crippen molar-refractivity contribution in [3.8, 4) is 17.0 Å². The molecule has 0 saturated heterocycles. The third-order valence-electron chi connectivity index (χ3n) is 5.95. The van der Waals surface area contributed by atoms with Crippen molar-refractivity contribution in [2.24, 2.45) is 0 Å². The molecule has 4 aromatic rings. The number of carbonyl (C=O) groups is 1. The van der Waals surface area contributed by atoms with E-state index in [0.717, 1.165) is 40.0 Å². The Morgan fingerprint density at radius 1 is 1.00 bits per heavy atom. The minimum absolute atomic E-state index is 0.297. The molecule has 7 heteroatoms. The topological polar surface area (TPSA) is 55.6 Å². The van der Waals surface area contributed by atoms with Gasteiger partial charge in [-0.25, -0.2) is 14.2 Å². The lowest BCUT2D eigenvalue weighted by molar-refractivity contribution is 0.0734. The molecule has 5 rings (SSSR count). The molecule has 1 aliphatic carbocycles. The molecule has 168 valence electrons. The number of esters is 1. The van der Waals surface area contributed by atoms with Crippen LogP contribution in [0.15, 0.2) is 71.3 Å². The Hall–Kier alpha value is -3.19. The Kier molecular flexibility index (Phi) is 6.13. The molecule has 2 heterocycles. The maximum atomic E-state index is 13.1. The number of nitrogens with zero attached hydrogens (tertiary/aromatic N) is 2. The van der Waals surface area contributed by atoms with Crippen LogP contribution in [-0.4, -0.2) is 21.4 Å². The van der Waals surface area contributed by atoms with Crippen LogP contribution in [-0.2, 0) is 0 Å². The molecule has 5 nitrogen and oxygen atoms in total.